The maximum Gasteiger partial charge on any atom is 0.263 e. The number of carbonyl (C=O) groups is 2. The highest BCUT2D eigenvalue weighted by Gasteiger charge is 2.30. The van der Waals surface area contributed by atoms with Gasteiger partial charge in [0.1, 0.15) is 10.9 Å². The fourth-order valence-electron chi connectivity index (χ4n) is 1.64. The Balaban J connectivity index is 2.04. The van der Waals surface area contributed by atoms with Gasteiger partial charge >= 0.3 is 0 Å². The van der Waals surface area contributed by atoms with Gasteiger partial charge in [0.25, 0.3) is 5.91 Å². The van der Waals surface area contributed by atoms with E-state index in [1.165, 1.54) is 11.3 Å². The van der Waals surface area contributed by atoms with Crippen molar-refractivity contribution in [2.24, 2.45) is 0 Å². The van der Waals surface area contributed by atoms with Gasteiger partial charge in [-0.15, -0.1) is 11.3 Å². The van der Waals surface area contributed by atoms with Crippen molar-refractivity contribution in [2.45, 2.75) is 12.5 Å². The first-order chi connectivity index (χ1) is 7.59. The van der Waals surface area contributed by atoms with Crippen LogP contribution in [0.4, 0.5) is 0 Å². The molecule has 0 bridgehead atoms. The quantitative estimate of drug-likeness (QED) is 0.871. The summed E-state index contributed by atoms with van der Waals surface area (Å²) in [5, 5.41) is 4.88. The Morgan fingerprint density at radius 2 is 2.44 bits per heavy atom. The first-order valence-electron chi connectivity index (χ1n) is 4.88. The lowest BCUT2D eigenvalue weighted by Crippen LogP contribution is -2.40. The van der Waals surface area contributed by atoms with Gasteiger partial charge in [-0.2, -0.15) is 0 Å². The van der Waals surface area contributed by atoms with Crippen LogP contribution in [0.2, 0.25) is 5.02 Å². The topological polar surface area (TPSA) is 49.4 Å². The van der Waals surface area contributed by atoms with Crippen molar-refractivity contribution < 1.29 is 9.59 Å². The van der Waals surface area contributed by atoms with E-state index in [1.54, 1.807) is 23.4 Å². The first kappa shape index (κ1) is 11.4. The molecule has 1 fully saturated rings. The average molecular weight is 259 g/mol. The monoisotopic (exact) mass is 258 g/mol. The van der Waals surface area contributed by atoms with E-state index in [0.29, 0.717) is 22.9 Å². The lowest BCUT2D eigenvalue weighted by Gasteiger charge is -2.11. The van der Waals surface area contributed by atoms with Crippen molar-refractivity contribution in [2.75, 3.05) is 13.6 Å². The van der Waals surface area contributed by atoms with Gasteiger partial charge in [0.2, 0.25) is 5.91 Å². The first-order valence-corrected chi connectivity index (χ1v) is 6.14. The largest absolute Gasteiger partial charge is 0.344 e. The Morgan fingerprint density at radius 3 is 2.94 bits per heavy atom. The Kier molecular flexibility index (Phi) is 3.16. The number of thiophene rings is 1. The van der Waals surface area contributed by atoms with Crippen LogP contribution >= 0.6 is 22.9 Å². The minimum absolute atomic E-state index is 0.0407. The van der Waals surface area contributed by atoms with Crippen LogP contribution in [0.15, 0.2) is 11.4 Å². The molecular weight excluding hydrogens is 248 g/mol. The van der Waals surface area contributed by atoms with Crippen molar-refractivity contribution in [1.29, 1.82) is 0 Å². The van der Waals surface area contributed by atoms with Gasteiger partial charge < -0.3 is 10.2 Å². The molecule has 86 valence electrons. The van der Waals surface area contributed by atoms with E-state index in [9.17, 15) is 9.59 Å². The van der Waals surface area contributed by atoms with Crippen molar-refractivity contribution in [3.05, 3.63) is 21.3 Å². The molecule has 0 radical (unpaired) electrons. The molecule has 2 amide bonds. The van der Waals surface area contributed by atoms with Crippen LogP contribution in [0, 0.1) is 0 Å². The molecule has 0 saturated carbocycles. The van der Waals surface area contributed by atoms with Crippen molar-refractivity contribution >= 4 is 34.8 Å². The second-order valence-electron chi connectivity index (χ2n) is 3.67. The number of nitrogens with one attached hydrogen (secondary N) is 1. The average Bonchev–Trinajstić information content (AvgIpc) is 2.79. The van der Waals surface area contributed by atoms with Crippen LogP contribution in [0.25, 0.3) is 0 Å². The molecule has 6 heteroatoms. The Morgan fingerprint density at radius 1 is 1.69 bits per heavy atom. The smallest absolute Gasteiger partial charge is 0.263 e. The number of likely N-dealkylation sites (tertiary alicyclic amines) is 1. The molecule has 0 spiro atoms. The summed E-state index contributed by atoms with van der Waals surface area (Å²) in [5.41, 5.74) is 0. The van der Waals surface area contributed by atoms with Crippen molar-refractivity contribution in [3.63, 3.8) is 0 Å². The third-order valence-corrected chi connectivity index (χ3v) is 3.90. The van der Waals surface area contributed by atoms with Crippen LogP contribution in [0.1, 0.15) is 16.1 Å². The molecular formula is C10H11ClN2O2S. The number of amides is 2. The summed E-state index contributed by atoms with van der Waals surface area (Å²) >= 11 is 7.11. The Hall–Kier alpha value is -1.07. The lowest BCUT2D eigenvalue weighted by atomic mass is 10.2. The molecule has 1 N–H and O–H groups in total. The summed E-state index contributed by atoms with van der Waals surface area (Å²) in [6.45, 7) is 0.682. The summed E-state index contributed by atoms with van der Waals surface area (Å²) in [6.07, 6.45) is 0.657. The second-order valence-corrected chi connectivity index (χ2v) is 5.00. The standard InChI is InChI=1S/C10H11ClN2O2S/c1-13-4-2-7(10(13)15)12-9(14)8-6(11)3-5-16-8/h3,5,7H,2,4H2,1H3,(H,12,14). The van der Waals surface area contributed by atoms with E-state index in [-0.39, 0.29) is 11.8 Å². The third kappa shape index (κ3) is 2.05. The SMILES string of the molecule is CN1CCC(NC(=O)c2sccc2Cl)C1=O. The zero-order chi connectivity index (χ0) is 11.7. The van der Waals surface area contributed by atoms with Gasteiger partial charge in [0, 0.05) is 13.6 Å². The summed E-state index contributed by atoms with van der Waals surface area (Å²) in [4.78, 5) is 25.4. The highest BCUT2D eigenvalue weighted by atomic mass is 35.5. The van der Waals surface area contributed by atoms with Crippen LogP contribution < -0.4 is 5.32 Å². The van der Waals surface area contributed by atoms with Gasteiger partial charge in [0.05, 0.1) is 5.02 Å². The fraction of sp³-hybridized carbons (Fsp3) is 0.400. The molecule has 1 unspecified atom stereocenters. The normalized spacial score (nSPS) is 20.2. The van der Waals surface area contributed by atoms with Crippen molar-refractivity contribution in [3.8, 4) is 0 Å². The molecule has 1 aliphatic heterocycles. The van der Waals surface area contributed by atoms with Gasteiger partial charge in [-0.1, -0.05) is 11.6 Å². The predicted octanol–water partition coefficient (Wildman–Crippen LogP) is 1.36. The highest BCUT2D eigenvalue weighted by Crippen LogP contribution is 2.22. The number of hydrogen-bond donors (Lipinski definition) is 1. The third-order valence-electron chi connectivity index (χ3n) is 2.56. The molecule has 16 heavy (non-hydrogen) atoms. The van der Waals surface area contributed by atoms with Gasteiger partial charge in [-0.25, -0.2) is 0 Å². The fourth-order valence-corrected chi connectivity index (χ4v) is 2.68. The number of rotatable bonds is 2. The number of hydrogen-bond acceptors (Lipinski definition) is 3. The molecule has 0 aromatic carbocycles. The van der Waals surface area contributed by atoms with Crippen molar-refractivity contribution in [1.82, 2.24) is 10.2 Å². The second kappa shape index (κ2) is 4.43. The molecule has 1 saturated heterocycles. The van der Waals surface area contributed by atoms with Gasteiger partial charge in [-0.05, 0) is 17.9 Å². The molecule has 4 nitrogen and oxygen atoms in total. The summed E-state index contributed by atoms with van der Waals surface area (Å²) in [6, 6.07) is 1.26. The molecule has 2 rings (SSSR count). The van der Waals surface area contributed by atoms with E-state index in [1.807, 2.05) is 0 Å². The number of likely N-dealkylation sites (N-methyl/N-ethyl adjacent to an activating group) is 1. The Bertz CT molecular complexity index is 432. The molecule has 1 atom stereocenters. The van der Waals surface area contributed by atoms with E-state index in [2.05, 4.69) is 5.32 Å². The number of nitrogens with zero attached hydrogens (tertiary/aromatic N) is 1. The van der Waals surface area contributed by atoms with Crippen LogP contribution in [-0.4, -0.2) is 36.3 Å². The maximum absolute atomic E-state index is 11.8. The predicted molar refractivity (Wildman–Crippen MR) is 62.8 cm³/mol. The molecule has 1 aromatic heterocycles. The van der Waals surface area contributed by atoms with E-state index in [0.717, 1.165) is 0 Å². The summed E-state index contributed by atoms with van der Waals surface area (Å²) in [7, 11) is 1.73. The Labute approximate surface area is 102 Å². The van der Waals surface area contributed by atoms with E-state index in [4.69, 9.17) is 11.6 Å². The lowest BCUT2D eigenvalue weighted by molar-refractivity contribution is -0.128. The molecule has 1 aromatic rings. The van der Waals surface area contributed by atoms with Gasteiger partial charge in [0.15, 0.2) is 0 Å². The molecule has 1 aliphatic rings. The summed E-state index contributed by atoms with van der Waals surface area (Å²) < 4.78 is 0. The van der Waals surface area contributed by atoms with E-state index >= 15 is 0 Å². The van der Waals surface area contributed by atoms with Crippen LogP contribution in [-0.2, 0) is 4.79 Å². The minimum Gasteiger partial charge on any atom is -0.344 e. The van der Waals surface area contributed by atoms with Gasteiger partial charge in [-0.3, -0.25) is 9.59 Å². The number of halogens is 1. The molecule has 2 heterocycles. The number of carbonyl (C=O) groups excluding carboxylic acids is 2. The minimum atomic E-state index is -0.407. The van der Waals surface area contributed by atoms with E-state index < -0.39 is 6.04 Å². The van der Waals surface area contributed by atoms with Crippen LogP contribution in [0.5, 0.6) is 0 Å². The molecule has 0 aliphatic carbocycles. The maximum atomic E-state index is 11.8. The zero-order valence-electron chi connectivity index (χ0n) is 8.70. The van der Waals surface area contributed by atoms with Crippen LogP contribution in [0.3, 0.4) is 0 Å². The highest BCUT2D eigenvalue weighted by molar-refractivity contribution is 7.12. The summed E-state index contributed by atoms with van der Waals surface area (Å²) in [5.74, 6) is -0.310. The zero-order valence-corrected chi connectivity index (χ0v) is 10.3.